The van der Waals surface area contributed by atoms with Crippen molar-refractivity contribution in [1.82, 2.24) is 5.32 Å². The molecule has 21 heavy (non-hydrogen) atoms. The molecular weight excluding hydrogens is 258 g/mol. The number of hydrogen-bond donors (Lipinski definition) is 1. The molecule has 0 aliphatic rings. The van der Waals surface area contributed by atoms with Crippen LogP contribution in [-0.2, 0) is 11.2 Å². The number of aryl methyl sites for hydroxylation is 2. The second-order valence-corrected chi connectivity index (χ2v) is 5.97. The van der Waals surface area contributed by atoms with Crippen LogP contribution in [0.5, 0.6) is 0 Å². The molecule has 1 rings (SSSR count). The zero-order chi connectivity index (χ0) is 15.7. The third kappa shape index (κ3) is 6.19. The van der Waals surface area contributed by atoms with E-state index in [9.17, 15) is 0 Å². The predicted molar refractivity (Wildman–Crippen MR) is 92.0 cm³/mol. The van der Waals surface area contributed by atoms with E-state index >= 15 is 0 Å². The second-order valence-electron chi connectivity index (χ2n) is 5.97. The minimum absolute atomic E-state index is 0.313. The molecule has 120 valence electrons. The Morgan fingerprint density at radius 2 is 1.81 bits per heavy atom. The van der Waals surface area contributed by atoms with E-state index in [2.05, 4.69) is 58.1 Å². The largest absolute Gasteiger partial charge is 0.377 e. The molecule has 0 aliphatic carbocycles. The quantitative estimate of drug-likeness (QED) is 0.689. The Hall–Kier alpha value is -0.860. The van der Waals surface area contributed by atoms with Crippen LogP contribution in [-0.4, -0.2) is 25.3 Å². The van der Waals surface area contributed by atoms with Crippen LogP contribution in [0.4, 0.5) is 0 Å². The molecular formula is C19H33NO. The molecule has 0 saturated heterocycles. The monoisotopic (exact) mass is 291 g/mol. The van der Waals surface area contributed by atoms with Crippen molar-refractivity contribution in [3.05, 3.63) is 34.9 Å². The van der Waals surface area contributed by atoms with Crippen molar-refractivity contribution in [3.8, 4) is 0 Å². The summed E-state index contributed by atoms with van der Waals surface area (Å²) in [6.07, 6.45) is 4.82. The fraction of sp³-hybridized carbons (Fsp3) is 0.684. The molecule has 1 aromatic rings. The smallest absolute Gasteiger partial charge is 0.0731 e. The van der Waals surface area contributed by atoms with Gasteiger partial charge in [0.1, 0.15) is 0 Å². The highest BCUT2D eigenvalue weighted by Gasteiger charge is 2.21. The maximum absolute atomic E-state index is 6.01. The van der Waals surface area contributed by atoms with Crippen LogP contribution in [0, 0.1) is 13.8 Å². The highest BCUT2D eigenvalue weighted by molar-refractivity contribution is 5.30. The molecule has 1 N–H and O–H groups in total. The van der Waals surface area contributed by atoms with E-state index in [0.717, 1.165) is 32.4 Å². The Bertz CT molecular complexity index is 397. The number of hydrogen-bond acceptors (Lipinski definition) is 2. The van der Waals surface area contributed by atoms with Crippen molar-refractivity contribution in [2.75, 3.05) is 13.2 Å². The van der Waals surface area contributed by atoms with Crippen LogP contribution in [0.15, 0.2) is 18.2 Å². The van der Waals surface area contributed by atoms with Crippen LogP contribution in [0.25, 0.3) is 0 Å². The van der Waals surface area contributed by atoms with Gasteiger partial charge < -0.3 is 10.1 Å². The normalized spacial score (nSPS) is 14.1. The lowest BCUT2D eigenvalue weighted by atomic mass is 9.96. The summed E-state index contributed by atoms with van der Waals surface area (Å²) in [6, 6.07) is 7.23. The first-order valence-electron chi connectivity index (χ1n) is 8.53. The number of benzene rings is 1. The van der Waals surface area contributed by atoms with Crippen LogP contribution in [0.2, 0.25) is 0 Å². The maximum atomic E-state index is 6.01. The highest BCUT2D eigenvalue weighted by atomic mass is 16.5. The van der Waals surface area contributed by atoms with Gasteiger partial charge in [0.15, 0.2) is 0 Å². The third-order valence-electron chi connectivity index (χ3n) is 4.09. The summed E-state index contributed by atoms with van der Waals surface area (Å²) in [5, 5.41) is 3.70. The van der Waals surface area contributed by atoms with Gasteiger partial charge in [-0.3, -0.25) is 0 Å². The van der Waals surface area contributed by atoms with Gasteiger partial charge >= 0.3 is 0 Å². The van der Waals surface area contributed by atoms with Crippen LogP contribution < -0.4 is 5.32 Å². The first kappa shape index (κ1) is 18.2. The molecule has 0 aliphatic heterocycles. The van der Waals surface area contributed by atoms with E-state index < -0.39 is 0 Å². The van der Waals surface area contributed by atoms with Gasteiger partial charge in [-0.2, -0.15) is 0 Å². The molecule has 0 spiro atoms. The molecule has 0 fully saturated rings. The average Bonchev–Trinajstić information content (AvgIpc) is 2.47. The van der Waals surface area contributed by atoms with Crippen molar-refractivity contribution in [2.45, 2.75) is 72.4 Å². The lowest BCUT2D eigenvalue weighted by Gasteiger charge is -2.28. The van der Waals surface area contributed by atoms with Crippen molar-refractivity contribution in [2.24, 2.45) is 0 Å². The summed E-state index contributed by atoms with van der Waals surface area (Å²) in [7, 11) is 0. The first-order chi connectivity index (χ1) is 10.1. The Balaban J connectivity index is 2.81. The molecule has 0 amide bonds. The molecule has 0 bridgehead atoms. The molecule has 1 aromatic carbocycles. The minimum atomic E-state index is 0.313. The zero-order valence-corrected chi connectivity index (χ0v) is 14.5. The van der Waals surface area contributed by atoms with Gasteiger partial charge in [-0.05, 0) is 63.3 Å². The van der Waals surface area contributed by atoms with E-state index in [1.807, 2.05) is 0 Å². The molecule has 0 aromatic heterocycles. The maximum Gasteiger partial charge on any atom is 0.0731 e. The molecule has 0 heterocycles. The lowest BCUT2D eigenvalue weighted by Crippen LogP contribution is -2.43. The topological polar surface area (TPSA) is 21.3 Å². The summed E-state index contributed by atoms with van der Waals surface area (Å²) in [6.45, 7) is 12.8. The van der Waals surface area contributed by atoms with Gasteiger partial charge in [0, 0.05) is 12.6 Å². The minimum Gasteiger partial charge on any atom is -0.377 e. The molecule has 2 atom stereocenters. The lowest BCUT2D eigenvalue weighted by molar-refractivity contribution is 0.0282. The fourth-order valence-electron chi connectivity index (χ4n) is 2.75. The van der Waals surface area contributed by atoms with Gasteiger partial charge in [0.25, 0.3) is 0 Å². The Morgan fingerprint density at radius 1 is 1.05 bits per heavy atom. The van der Waals surface area contributed by atoms with Crippen molar-refractivity contribution >= 4 is 0 Å². The van der Waals surface area contributed by atoms with Gasteiger partial charge in [-0.15, -0.1) is 0 Å². The van der Waals surface area contributed by atoms with Gasteiger partial charge in [0.2, 0.25) is 0 Å². The number of rotatable bonds is 10. The summed E-state index contributed by atoms with van der Waals surface area (Å²) >= 11 is 0. The van der Waals surface area contributed by atoms with E-state index in [0.29, 0.717) is 12.1 Å². The fourth-order valence-corrected chi connectivity index (χ4v) is 2.75. The highest BCUT2D eigenvalue weighted by Crippen LogP contribution is 2.16. The van der Waals surface area contributed by atoms with E-state index in [1.54, 1.807) is 0 Å². The van der Waals surface area contributed by atoms with E-state index in [-0.39, 0.29) is 0 Å². The van der Waals surface area contributed by atoms with Crippen molar-refractivity contribution in [1.29, 1.82) is 0 Å². The summed E-state index contributed by atoms with van der Waals surface area (Å²) in [5.74, 6) is 0. The molecule has 2 unspecified atom stereocenters. The van der Waals surface area contributed by atoms with Crippen LogP contribution >= 0.6 is 0 Å². The van der Waals surface area contributed by atoms with E-state index in [1.165, 1.54) is 23.1 Å². The molecule has 0 radical (unpaired) electrons. The van der Waals surface area contributed by atoms with Gasteiger partial charge in [0.05, 0.1) is 6.10 Å². The molecule has 2 heteroatoms. The average molecular weight is 291 g/mol. The Kier molecular flexibility index (Phi) is 8.63. The summed E-state index contributed by atoms with van der Waals surface area (Å²) in [5.41, 5.74) is 4.16. The standard InChI is InChI=1S/C19H33NO/c1-6-9-19(21-8-3)18(20-12-7-2)14-17-11-10-15(4)16(5)13-17/h10-11,13,18-20H,6-9,12,14H2,1-5H3. The Labute approximate surface area is 131 Å². The third-order valence-corrected chi connectivity index (χ3v) is 4.09. The van der Waals surface area contributed by atoms with Gasteiger partial charge in [-0.1, -0.05) is 38.5 Å². The number of ether oxygens (including phenoxy) is 1. The SMILES string of the molecule is CCCNC(Cc1ccc(C)c(C)c1)C(CCC)OCC. The second kappa shape index (κ2) is 9.97. The van der Waals surface area contributed by atoms with Crippen molar-refractivity contribution < 1.29 is 4.74 Å². The first-order valence-corrected chi connectivity index (χ1v) is 8.53. The van der Waals surface area contributed by atoms with Crippen LogP contribution in [0.1, 0.15) is 56.7 Å². The summed E-state index contributed by atoms with van der Waals surface area (Å²) in [4.78, 5) is 0. The van der Waals surface area contributed by atoms with Crippen LogP contribution in [0.3, 0.4) is 0 Å². The van der Waals surface area contributed by atoms with Gasteiger partial charge in [-0.25, -0.2) is 0 Å². The summed E-state index contributed by atoms with van der Waals surface area (Å²) < 4.78 is 6.01. The molecule has 2 nitrogen and oxygen atoms in total. The van der Waals surface area contributed by atoms with E-state index in [4.69, 9.17) is 4.74 Å². The predicted octanol–water partition coefficient (Wildman–Crippen LogP) is 4.42. The molecule has 0 saturated carbocycles. The Morgan fingerprint density at radius 3 is 2.38 bits per heavy atom. The number of nitrogens with one attached hydrogen (secondary N) is 1. The zero-order valence-electron chi connectivity index (χ0n) is 14.5. The van der Waals surface area contributed by atoms with Crippen molar-refractivity contribution in [3.63, 3.8) is 0 Å².